The molecule has 0 fully saturated rings. The highest BCUT2D eigenvalue weighted by molar-refractivity contribution is 7.58. The van der Waals surface area contributed by atoms with E-state index < -0.39 is 0 Å². The van der Waals surface area contributed by atoms with Crippen molar-refractivity contribution < 1.29 is 4.79 Å². The Morgan fingerprint density at radius 2 is 1.73 bits per heavy atom. The van der Waals surface area contributed by atoms with Gasteiger partial charge in [-0.15, -0.1) is 0 Å². The summed E-state index contributed by atoms with van der Waals surface area (Å²) in [5, 5.41) is 0. The molecule has 0 heterocycles. The predicted octanol–water partition coefficient (Wildman–Crippen LogP) is 3.76. The van der Waals surface area contributed by atoms with Crippen LogP contribution in [0.2, 0.25) is 0 Å². The number of aryl methyl sites for hydroxylation is 2. The van der Waals surface area contributed by atoms with Crippen molar-refractivity contribution in [3.8, 4) is 0 Å². The summed E-state index contributed by atoms with van der Waals surface area (Å²) >= 11 is 0. The summed E-state index contributed by atoms with van der Waals surface area (Å²) in [6.07, 6.45) is 0.949. The molecule has 0 amide bonds. The number of hydrogen-bond acceptors (Lipinski definition) is 1. The summed E-state index contributed by atoms with van der Waals surface area (Å²) in [5.74, 6) is 0. The largest absolute Gasteiger partial charge is 0.289 e. The number of hydrogen-bond donors (Lipinski definition) is 0. The minimum atomic E-state index is 0.315. The Morgan fingerprint density at radius 1 is 1.13 bits per heavy atom. The van der Waals surface area contributed by atoms with Crippen LogP contribution in [0, 0.1) is 27.7 Å². The van der Waals surface area contributed by atoms with Gasteiger partial charge in [0, 0.05) is 5.56 Å². The number of carbonyl (C=O) groups is 1. The summed E-state index contributed by atoms with van der Waals surface area (Å²) in [6.45, 7) is 10.3. The number of rotatable bonds is 3. The lowest BCUT2D eigenvalue weighted by molar-refractivity contribution is 0.108. The highest BCUT2D eigenvalue weighted by atomic mass is 31.1. The molecule has 0 aliphatic carbocycles. The smallest absolute Gasteiger partial charge is 0.181 e. The van der Waals surface area contributed by atoms with Crippen molar-refractivity contribution in [2.24, 2.45) is 0 Å². The maximum atomic E-state index is 12.0. The first-order valence-electron chi connectivity index (χ1n) is 5.34. The predicted molar refractivity (Wildman–Crippen MR) is 68.6 cm³/mol. The lowest BCUT2D eigenvalue weighted by atomic mass is 9.95. The summed E-state index contributed by atoms with van der Waals surface area (Å²) < 4.78 is 0. The second-order valence-electron chi connectivity index (χ2n) is 3.99. The zero-order chi connectivity index (χ0) is 11.6. The summed E-state index contributed by atoms with van der Waals surface area (Å²) in [5.41, 5.74) is 6.10. The van der Waals surface area contributed by atoms with Gasteiger partial charge < -0.3 is 0 Å². The molecule has 1 unspecified atom stereocenters. The van der Waals surface area contributed by atoms with E-state index >= 15 is 0 Å². The van der Waals surface area contributed by atoms with Crippen LogP contribution in [-0.2, 0) is 0 Å². The van der Waals surface area contributed by atoms with E-state index in [1.807, 2.05) is 6.92 Å². The van der Waals surface area contributed by atoms with Crippen molar-refractivity contribution in [1.29, 1.82) is 0 Å². The Hall–Kier alpha value is -0.680. The SMILES string of the molecule is CCPC(=O)c1c(C)cc(C)c(C)c1C. The van der Waals surface area contributed by atoms with E-state index in [1.54, 1.807) is 0 Å². The molecule has 1 rings (SSSR count). The fourth-order valence-electron chi connectivity index (χ4n) is 1.88. The van der Waals surface area contributed by atoms with Crippen LogP contribution in [-0.4, -0.2) is 11.7 Å². The lowest BCUT2D eigenvalue weighted by Crippen LogP contribution is -2.03. The molecule has 1 aromatic carbocycles. The molecule has 82 valence electrons. The zero-order valence-corrected chi connectivity index (χ0v) is 11.2. The zero-order valence-electron chi connectivity index (χ0n) is 10.2. The maximum Gasteiger partial charge on any atom is 0.181 e. The molecule has 1 aromatic rings. The van der Waals surface area contributed by atoms with E-state index in [1.165, 1.54) is 16.7 Å². The van der Waals surface area contributed by atoms with Gasteiger partial charge in [-0.3, -0.25) is 4.79 Å². The van der Waals surface area contributed by atoms with Gasteiger partial charge in [0.1, 0.15) is 0 Å². The molecule has 0 aliphatic heterocycles. The fourth-order valence-corrected chi connectivity index (χ4v) is 2.77. The molecule has 0 saturated heterocycles. The molecule has 0 aromatic heterocycles. The first-order valence-corrected chi connectivity index (χ1v) is 6.55. The highest BCUT2D eigenvalue weighted by Gasteiger charge is 2.14. The Morgan fingerprint density at radius 3 is 2.27 bits per heavy atom. The van der Waals surface area contributed by atoms with Crippen molar-refractivity contribution in [3.05, 3.63) is 33.9 Å². The molecule has 0 radical (unpaired) electrons. The third-order valence-corrected chi connectivity index (χ3v) is 3.85. The monoisotopic (exact) mass is 222 g/mol. The van der Waals surface area contributed by atoms with E-state index in [9.17, 15) is 4.79 Å². The van der Waals surface area contributed by atoms with Gasteiger partial charge in [-0.1, -0.05) is 13.0 Å². The van der Waals surface area contributed by atoms with Gasteiger partial charge in [-0.05, 0) is 64.7 Å². The first-order chi connectivity index (χ1) is 6.99. The molecule has 0 N–H and O–H groups in total. The van der Waals surface area contributed by atoms with E-state index in [4.69, 9.17) is 0 Å². The van der Waals surface area contributed by atoms with Crippen LogP contribution in [0.25, 0.3) is 0 Å². The number of benzene rings is 1. The molecule has 15 heavy (non-hydrogen) atoms. The maximum absolute atomic E-state index is 12.0. The van der Waals surface area contributed by atoms with Crippen LogP contribution in [0.5, 0.6) is 0 Å². The minimum Gasteiger partial charge on any atom is -0.289 e. The fraction of sp³-hybridized carbons (Fsp3) is 0.462. The van der Waals surface area contributed by atoms with Crippen molar-refractivity contribution >= 4 is 14.1 Å². The van der Waals surface area contributed by atoms with Crippen molar-refractivity contribution in [2.45, 2.75) is 34.6 Å². The topological polar surface area (TPSA) is 17.1 Å². The summed E-state index contributed by atoms with van der Waals surface area (Å²) in [4.78, 5) is 12.0. The van der Waals surface area contributed by atoms with E-state index in [2.05, 4.69) is 33.8 Å². The molecule has 0 saturated carbocycles. The molecule has 0 spiro atoms. The summed E-state index contributed by atoms with van der Waals surface area (Å²) in [7, 11) is 0.413. The second-order valence-corrected chi connectivity index (χ2v) is 5.51. The average molecular weight is 222 g/mol. The van der Waals surface area contributed by atoms with E-state index in [0.29, 0.717) is 14.1 Å². The minimum absolute atomic E-state index is 0.315. The van der Waals surface area contributed by atoms with Gasteiger partial charge in [-0.25, -0.2) is 0 Å². The Bertz CT molecular complexity index is 394. The molecule has 0 bridgehead atoms. The van der Waals surface area contributed by atoms with Crippen molar-refractivity contribution in [2.75, 3.05) is 6.16 Å². The molecular weight excluding hydrogens is 203 g/mol. The van der Waals surface area contributed by atoms with Crippen LogP contribution in [0.1, 0.15) is 39.5 Å². The van der Waals surface area contributed by atoms with Gasteiger partial charge in [-0.2, -0.15) is 0 Å². The Kier molecular flexibility index (Phi) is 4.04. The average Bonchev–Trinajstić information content (AvgIpc) is 2.15. The molecule has 0 aliphatic rings. The van der Waals surface area contributed by atoms with E-state index in [-0.39, 0.29) is 0 Å². The quantitative estimate of drug-likeness (QED) is 0.712. The van der Waals surface area contributed by atoms with Gasteiger partial charge in [0.2, 0.25) is 0 Å². The third-order valence-electron chi connectivity index (χ3n) is 2.92. The Labute approximate surface area is 94.1 Å². The Balaban J connectivity index is 3.29. The normalized spacial score (nSPS) is 11.3. The van der Waals surface area contributed by atoms with Crippen molar-refractivity contribution in [3.63, 3.8) is 0 Å². The number of carbonyl (C=O) groups excluding carboxylic acids is 1. The highest BCUT2D eigenvalue weighted by Crippen LogP contribution is 2.27. The van der Waals surface area contributed by atoms with Gasteiger partial charge in [0.15, 0.2) is 5.52 Å². The first kappa shape index (κ1) is 12.4. The second kappa shape index (κ2) is 4.90. The third kappa shape index (κ3) is 2.46. The van der Waals surface area contributed by atoms with Crippen LogP contribution in [0.3, 0.4) is 0 Å². The molecule has 1 atom stereocenters. The van der Waals surface area contributed by atoms with Crippen LogP contribution >= 0.6 is 8.58 Å². The van der Waals surface area contributed by atoms with Gasteiger partial charge in [0.25, 0.3) is 0 Å². The standard InChI is InChI=1S/C13H19OP/c1-6-15-13(14)12-9(3)7-8(2)10(4)11(12)5/h7,15H,6H2,1-5H3. The molecule has 1 nitrogen and oxygen atoms in total. The van der Waals surface area contributed by atoms with E-state index in [0.717, 1.165) is 17.3 Å². The van der Waals surface area contributed by atoms with Crippen LogP contribution < -0.4 is 0 Å². The van der Waals surface area contributed by atoms with Gasteiger partial charge >= 0.3 is 0 Å². The molecular formula is C13H19OP. The lowest BCUT2D eigenvalue weighted by Gasteiger charge is -2.13. The van der Waals surface area contributed by atoms with Crippen LogP contribution in [0.15, 0.2) is 6.07 Å². The van der Waals surface area contributed by atoms with Crippen molar-refractivity contribution in [1.82, 2.24) is 0 Å². The van der Waals surface area contributed by atoms with Crippen LogP contribution in [0.4, 0.5) is 0 Å². The molecule has 2 heteroatoms. The van der Waals surface area contributed by atoms with Gasteiger partial charge in [0.05, 0.1) is 0 Å². The summed E-state index contributed by atoms with van der Waals surface area (Å²) in [6, 6.07) is 2.12.